The molecule has 0 aromatic rings. The number of hydrogen-bond donors (Lipinski definition) is 1. The first-order chi connectivity index (χ1) is 14.7. The van der Waals surface area contributed by atoms with Crippen LogP contribution < -0.4 is 0 Å². The number of ketones is 1. The van der Waals surface area contributed by atoms with Gasteiger partial charge in [-0.05, 0) is 104 Å². The van der Waals surface area contributed by atoms with Crippen molar-refractivity contribution < 1.29 is 9.90 Å². The summed E-state index contributed by atoms with van der Waals surface area (Å²) in [4.78, 5) is 12.9. The van der Waals surface area contributed by atoms with Crippen molar-refractivity contribution in [3.8, 4) is 0 Å². The maximum Gasteiger partial charge on any atom is 0.141 e. The predicted molar refractivity (Wildman–Crippen MR) is 131 cm³/mol. The second-order valence-corrected chi connectivity index (χ2v) is 14.6. The Hall–Kier alpha value is -0.630. The molecule has 0 radical (unpaired) electrons. The molecule has 0 aromatic heterocycles. The van der Waals surface area contributed by atoms with Gasteiger partial charge in [0.25, 0.3) is 0 Å². The summed E-state index contributed by atoms with van der Waals surface area (Å²) in [5.41, 5.74) is 1.99. The Morgan fingerprint density at radius 1 is 0.875 bits per heavy atom. The molecule has 2 nitrogen and oxygen atoms in total. The van der Waals surface area contributed by atoms with Crippen molar-refractivity contribution in [1.29, 1.82) is 0 Å². The molecule has 10 atom stereocenters. The fourth-order valence-electron chi connectivity index (χ4n) is 11.2. The third kappa shape index (κ3) is 2.55. The number of aliphatic hydroxyl groups is 1. The number of aliphatic hydroxyl groups excluding tert-OH is 1. The first-order valence-corrected chi connectivity index (χ1v) is 13.6. The number of allylic oxidation sites excluding steroid dienone is 1. The monoisotopic (exact) mass is 440 g/mol. The van der Waals surface area contributed by atoms with Gasteiger partial charge in [-0.3, -0.25) is 4.79 Å². The molecule has 5 rings (SSSR count). The molecule has 180 valence electrons. The third-order valence-corrected chi connectivity index (χ3v) is 13.3. The van der Waals surface area contributed by atoms with E-state index in [2.05, 4.69) is 55.0 Å². The van der Waals surface area contributed by atoms with E-state index in [1.165, 1.54) is 50.5 Å². The molecule has 5 saturated carbocycles. The van der Waals surface area contributed by atoms with Gasteiger partial charge in [0.15, 0.2) is 0 Å². The normalized spacial score (nSPS) is 56.6. The van der Waals surface area contributed by atoms with Gasteiger partial charge in [0.2, 0.25) is 0 Å². The van der Waals surface area contributed by atoms with Crippen LogP contribution >= 0.6 is 0 Å². The van der Waals surface area contributed by atoms with Crippen LogP contribution in [0.3, 0.4) is 0 Å². The Labute approximate surface area is 197 Å². The van der Waals surface area contributed by atoms with E-state index in [0.29, 0.717) is 35.0 Å². The Morgan fingerprint density at radius 3 is 2.22 bits per heavy atom. The lowest BCUT2D eigenvalue weighted by molar-refractivity contribution is -0.254. The fraction of sp³-hybridized carbons (Fsp3) is 0.900. The second kappa shape index (κ2) is 6.73. The van der Waals surface area contributed by atoms with Gasteiger partial charge >= 0.3 is 0 Å². The van der Waals surface area contributed by atoms with Gasteiger partial charge in [0.1, 0.15) is 5.78 Å². The summed E-state index contributed by atoms with van der Waals surface area (Å²) in [7, 11) is 0. The molecule has 3 unspecified atom stereocenters. The van der Waals surface area contributed by atoms with Gasteiger partial charge in [0.05, 0.1) is 6.10 Å². The van der Waals surface area contributed by atoms with Crippen molar-refractivity contribution >= 4 is 5.78 Å². The molecular formula is C30H48O2. The van der Waals surface area contributed by atoms with Gasteiger partial charge in [0, 0.05) is 17.3 Å². The first kappa shape index (κ1) is 23.1. The van der Waals surface area contributed by atoms with Crippen LogP contribution in [0.15, 0.2) is 12.2 Å². The molecule has 5 fully saturated rings. The lowest BCUT2D eigenvalue weighted by Gasteiger charge is -2.72. The Kier molecular flexibility index (Phi) is 4.87. The topological polar surface area (TPSA) is 37.3 Å². The molecule has 0 amide bonds. The van der Waals surface area contributed by atoms with Gasteiger partial charge < -0.3 is 5.11 Å². The van der Waals surface area contributed by atoms with E-state index in [4.69, 9.17) is 0 Å². The average molecular weight is 441 g/mol. The molecule has 0 heterocycles. The van der Waals surface area contributed by atoms with Crippen molar-refractivity contribution in [3.63, 3.8) is 0 Å². The molecule has 0 aromatic carbocycles. The predicted octanol–water partition coefficient (Wildman–Crippen LogP) is 7.20. The molecule has 32 heavy (non-hydrogen) atoms. The van der Waals surface area contributed by atoms with Crippen LogP contribution in [0, 0.1) is 56.7 Å². The molecule has 0 spiro atoms. The van der Waals surface area contributed by atoms with E-state index >= 15 is 0 Å². The zero-order chi connectivity index (χ0) is 23.5. The number of fused-ring (bicyclic) bond motifs is 7. The zero-order valence-electron chi connectivity index (χ0n) is 21.9. The van der Waals surface area contributed by atoms with Crippen LogP contribution in [0.1, 0.15) is 106 Å². The first-order valence-electron chi connectivity index (χ1n) is 13.6. The Morgan fingerprint density at radius 2 is 1.56 bits per heavy atom. The minimum absolute atomic E-state index is 0.150. The second-order valence-electron chi connectivity index (χ2n) is 14.6. The SMILES string of the molecule is C=C(C)[C@@H]1CC[C@]2(C)CC[C@]3(C)[C@H](CCC4[C@]5(C)C(CC[C@]43C)C(C)(C)C(=O)C[C@H]5O)C12. The standard InChI is InChI=1S/C30H48O2/c1-18(2)19-11-13-27(5)15-16-28(6)20(25(19)27)9-10-22-29(28,7)14-12-21-26(3,4)23(31)17-24(32)30(21,22)8/h19-22,24-25,32H,1,9-17H2,2-8H3/t19-,20+,21?,22?,24+,25?,27+,28+,29+,30-/m0/s1. The van der Waals surface area contributed by atoms with E-state index in [-0.39, 0.29) is 22.0 Å². The van der Waals surface area contributed by atoms with Gasteiger partial charge in [-0.15, -0.1) is 0 Å². The molecule has 0 saturated heterocycles. The van der Waals surface area contributed by atoms with Gasteiger partial charge in [-0.1, -0.05) is 53.7 Å². The van der Waals surface area contributed by atoms with E-state index in [0.717, 1.165) is 18.3 Å². The summed E-state index contributed by atoms with van der Waals surface area (Å²) >= 11 is 0. The van der Waals surface area contributed by atoms with Crippen LogP contribution in [-0.2, 0) is 4.79 Å². The van der Waals surface area contributed by atoms with E-state index in [1.54, 1.807) is 0 Å². The molecule has 1 N–H and O–H groups in total. The van der Waals surface area contributed by atoms with Crippen LogP contribution in [0.5, 0.6) is 0 Å². The van der Waals surface area contributed by atoms with Crippen molar-refractivity contribution in [2.45, 2.75) is 112 Å². The molecule has 0 bridgehead atoms. The molecule has 5 aliphatic rings. The summed E-state index contributed by atoms with van der Waals surface area (Å²) in [6.45, 7) is 21.3. The van der Waals surface area contributed by atoms with Crippen molar-refractivity contribution in [1.82, 2.24) is 0 Å². The highest BCUT2D eigenvalue weighted by atomic mass is 16.3. The van der Waals surface area contributed by atoms with Crippen molar-refractivity contribution in [2.24, 2.45) is 56.7 Å². The minimum atomic E-state index is -0.485. The summed E-state index contributed by atoms with van der Waals surface area (Å²) in [6.07, 6.45) is 10.1. The maximum absolute atomic E-state index is 12.9. The zero-order valence-corrected chi connectivity index (χ0v) is 21.9. The quantitative estimate of drug-likeness (QED) is 0.438. The smallest absolute Gasteiger partial charge is 0.141 e. The van der Waals surface area contributed by atoms with Gasteiger partial charge in [-0.2, -0.15) is 0 Å². The summed E-state index contributed by atoms with van der Waals surface area (Å²) in [5.74, 6) is 3.31. The number of carbonyl (C=O) groups excluding carboxylic acids is 1. The van der Waals surface area contributed by atoms with Crippen LogP contribution in [0.25, 0.3) is 0 Å². The van der Waals surface area contributed by atoms with E-state index in [1.807, 2.05) is 0 Å². The summed E-state index contributed by atoms with van der Waals surface area (Å²) in [5, 5.41) is 11.5. The third-order valence-electron chi connectivity index (χ3n) is 13.3. The minimum Gasteiger partial charge on any atom is -0.392 e. The van der Waals surface area contributed by atoms with Gasteiger partial charge in [-0.25, -0.2) is 0 Å². The van der Waals surface area contributed by atoms with Crippen LogP contribution in [-0.4, -0.2) is 17.0 Å². The molecule has 0 aliphatic heterocycles. The van der Waals surface area contributed by atoms with E-state index < -0.39 is 6.10 Å². The fourth-order valence-corrected chi connectivity index (χ4v) is 11.2. The number of Topliss-reactive ketones (excluding diaryl/α,β-unsaturated/α-hetero) is 1. The average Bonchev–Trinajstić information content (AvgIpc) is 3.05. The maximum atomic E-state index is 12.9. The van der Waals surface area contributed by atoms with Crippen molar-refractivity contribution in [2.75, 3.05) is 0 Å². The largest absolute Gasteiger partial charge is 0.392 e. The Bertz CT molecular complexity index is 842. The highest BCUT2D eigenvalue weighted by Gasteiger charge is 2.71. The summed E-state index contributed by atoms with van der Waals surface area (Å²) in [6, 6.07) is 0. The van der Waals surface area contributed by atoms with E-state index in [9.17, 15) is 9.90 Å². The number of rotatable bonds is 1. The van der Waals surface area contributed by atoms with Crippen LogP contribution in [0.4, 0.5) is 0 Å². The molecule has 2 heteroatoms. The lowest BCUT2D eigenvalue weighted by Crippen LogP contribution is -2.69. The lowest BCUT2D eigenvalue weighted by atomic mass is 9.32. The summed E-state index contributed by atoms with van der Waals surface area (Å²) < 4.78 is 0. The van der Waals surface area contributed by atoms with Crippen LogP contribution in [0.2, 0.25) is 0 Å². The molecular weight excluding hydrogens is 392 g/mol. The number of carbonyl (C=O) groups is 1. The number of hydrogen-bond acceptors (Lipinski definition) is 2. The molecule has 5 aliphatic carbocycles. The van der Waals surface area contributed by atoms with Crippen molar-refractivity contribution in [3.05, 3.63) is 12.2 Å². The Balaban J connectivity index is 1.57. The highest BCUT2D eigenvalue weighted by Crippen LogP contribution is 2.77. The highest BCUT2D eigenvalue weighted by molar-refractivity contribution is 5.86.